The number of ether oxygens (including phenoxy) is 1. The number of benzene rings is 2. The number of hydrogen-bond donors (Lipinski definition) is 0. The van der Waals surface area contributed by atoms with Gasteiger partial charge in [-0.1, -0.05) is 42.5 Å². The highest BCUT2D eigenvalue weighted by Gasteiger charge is 2.33. The van der Waals surface area contributed by atoms with Crippen molar-refractivity contribution in [3.63, 3.8) is 0 Å². The Morgan fingerprint density at radius 3 is 2.61 bits per heavy atom. The van der Waals surface area contributed by atoms with Crippen molar-refractivity contribution in [3.05, 3.63) is 71.3 Å². The van der Waals surface area contributed by atoms with E-state index in [2.05, 4.69) is 0 Å². The summed E-state index contributed by atoms with van der Waals surface area (Å²) in [6.45, 7) is 0.313. The number of nitrogens with zero attached hydrogens (tertiary/aromatic N) is 1. The van der Waals surface area contributed by atoms with Crippen molar-refractivity contribution in [3.8, 4) is 5.75 Å². The second-order valence-corrected chi connectivity index (χ2v) is 5.39. The maximum atomic E-state index is 12.5. The van der Waals surface area contributed by atoms with Gasteiger partial charge in [0.2, 0.25) is 5.91 Å². The van der Waals surface area contributed by atoms with Crippen LogP contribution in [0.3, 0.4) is 0 Å². The maximum absolute atomic E-state index is 12.5. The number of hydrogen-bond acceptors (Lipinski definition) is 3. The minimum Gasteiger partial charge on any atom is -0.497 e. The van der Waals surface area contributed by atoms with Crippen LogP contribution in [0.1, 0.15) is 17.5 Å². The molecule has 0 atom stereocenters. The van der Waals surface area contributed by atoms with E-state index in [1.54, 1.807) is 13.2 Å². The molecule has 0 radical (unpaired) electrons. The fraction of sp³-hybridized carbons (Fsp3) is 0.158. The molecule has 0 unspecified atom stereocenters. The summed E-state index contributed by atoms with van der Waals surface area (Å²) in [5.74, 6) is 0.340. The average molecular weight is 307 g/mol. The molecule has 116 valence electrons. The van der Waals surface area contributed by atoms with Gasteiger partial charge in [-0.3, -0.25) is 14.5 Å². The molecule has 4 heteroatoms. The fourth-order valence-corrected chi connectivity index (χ4v) is 2.59. The zero-order valence-corrected chi connectivity index (χ0v) is 12.9. The van der Waals surface area contributed by atoms with Crippen LogP contribution in [-0.2, 0) is 16.1 Å². The van der Waals surface area contributed by atoms with Crippen LogP contribution in [0.5, 0.6) is 5.75 Å². The number of carbonyl (C=O) groups excluding carboxylic acids is 2. The van der Waals surface area contributed by atoms with E-state index in [1.807, 2.05) is 54.6 Å². The summed E-state index contributed by atoms with van der Waals surface area (Å²) >= 11 is 0. The molecule has 0 spiro atoms. The lowest BCUT2D eigenvalue weighted by molar-refractivity contribution is -0.138. The van der Waals surface area contributed by atoms with E-state index in [0.717, 1.165) is 16.9 Å². The second-order valence-electron chi connectivity index (χ2n) is 5.39. The van der Waals surface area contributed by atoms with Gasteiger partial charge >= 0.3 is 0 Å². The molecular formula is C19H17NO3. The Kier molecular flexibility index (Phi) is 4.24. The zero-order valence-electron chi connectivity index (χ0n) is 12.9. The third-order valence-corrected chi connectivity index (χ3v) is 3.78. The number of methoxy groups -OCH3 is 1. The molecule has 4 nitrogen and oxygen atoms in total. The van der Waals surface area contributed by atoms with Gasteiger partial charge < -0.3 is 4.74 Å². The van der Waals surface area contributed by atoms with E-state index in [0.29, 0.717) is 12.1 Å². The predicted molar refractivity (Wildman–Crippen MR) is 87.6 cm³/mol. The molecule has 0 aliphatic carbocycles. The highest BCUT2D eigenvalue weighted by molar-refractivity contribution is 6.15. The molecule has 23 heavy (non-hydrogen) atoms. The summed E-state index contributed by atoms with van der Waals surface area (Å²) in [5.41, 5.74) is 2.30. The van der Waals surface area contributed by atoms with Crippen molar-refractivity contribution in [2.24, 2.45) is 0 Å². The number of rotatable bonds is 4. The summed E-state index contributed by atoms with van der Waals surface area (Å²) in [5, 5.41) is 0. The van der Waals surface area contributed by atoms with E-state index in [-0.39, 0.29) is 18.2 Å². The van der Waals surface area contributed by atoms with E-state index in [4.69, 9.17) is 4.74 Å². The van der Waals surface area contributed by atoms with Crippen LogP contribution in [0.4, 0.5) is 0 Å². The Balaban J connectivity index is 1.81. The van der Waals surface area contributed by atoms with Gasteiger partial charge in [-0.15, -0.1) is 0 Å². The summed E-state index contributed by atoms with van der Waals surface area (Å²) < 4.78 is 5.18. The van der Waals surface area contributed by atoms with Crippen LogP contribution < -0.4 is 4.74 Å². The predicted octanol–water partition coefficient (Wildman–Crippen LogP) is 3.04. The van der Waals surface area contributed by atoms with Gasteiger partial charge in [0.05, 0.1) is 20.1 Å². The molecule has 2 amide bonds. The van der Waals surface area contributed by atoms with Crippen molar-refractivity contribution < 1.29 is 14.3 Å². The molecule has 3 rings (SSSR count). The lowest BCUT2D eigenvalue weighted by Gasteiger charge is -2.13. The van der Waals surface area contributed by atoms with E-state index in [9.17, 15) is 9.59 Å². The Bertz CT molecular complexity index is 765. The van der Waals surface area contributed by atoms with Crippen molar-refractivity contribution >= 4 is 17.9 Å². The first-order valence-corrected chi connectivity index (χ1v) is 7.40. The first kappa shape index (κ1) is 15.0. The third kappa shape index (κ3) is 3.31. The van der Waals surface area contributed by atoms with Crippen molar-refractivity contribution in [2.45, 2.75) is 13.0 Å². The maximum Gasteiger partial charge on any atom is 0.257 e. The molecule has 0 N–H and O–H groups in total. The van der Waals surface area contributed by atoms with E-state index >= 15 is 0 Å². The fourth-order valence-electron chi connectivity index (χ4n) is 2.59. The molecule has 1 aliphatic heterocycles. The molecule has 0 bridgehead atoms. The molecule has 0 saturated carbocycles. The molecule has 1 fully saturated rings. The van der Waals surface area contributed by atoms with Crippen LogP contribution in [-0.4, -0.2) is 23.8 Å². The normalized spacial score (nSPS) is 16.2. The molecule has 1 saturated heterocycles. The van der Waals surface area contributed by atoms with Crippen molar-refractivity contribution in [2.75, 3.05) is 7.11 Å². The summed E-state index contributed by atoms with van der Waals surface area (Å²) in [6, 6.07) is 16.9. The van der Waals surface area contributed by atoms with Crippen LogP contribution in [0.2, 0.25) is 0 Å². The second kappa shape index (κ2) is 6.48. The smallest absolute Gasteiger partial charge is 0.257 e. The number of likely N-dealkylation sites (tertiary alicyclic amines) is 1. The Morgan fingerprint density at radius 2 is 1.87 bits per heavy atom. The van der Waals surface area contributed by atoms with Crippen LogP contribution >= 0.6 is 0 Å². The standard InChI is InChI=1S/C19H17NO3/c1-23-17-9-5-8-15(11-17)10-16-12-18(21)20(19(16)22)13-14-6-3-2-4-7-14/h2-11H,12-13H2,1H3/b16-10+. The molecule has 1 heterocycles. The van der Waals surface area contributed by atoms with Crippen LogP contribution in [0.25, 0.3) is 6.08 Å². The van der Waals surface area contributed by atoms with Gasteiger partial charge in [-0.2, -0.15) is 0 Å². The lowest BCUT2D eigenvalue weighted by Crippen LogP contribution is -2.28. The monoisotopic (exact) mass is 307 g/mol. The quantitative estimate of drug-likeness (QED) is 0.644. The van der Waals surface area contributed by atoms with E-state index in [1.165, 1.54) is 4.90 Å². The summed E-state index contributed by atoms with van der Waals surface area (Å²) in [7, 11) is 1.60. The first-order chi connectivity index (χ1) is 11.2. The minimum atomic E-state index is -0.221. The van der Waals surface area contributed by atoms with Gasteiger partial charge in [0.1, 0.15) is 5.75 Å². The molecule has 2 aromatic rings. The molecule has 1 aliphatic rings. The Morgan fingerprint density at radius 1 is 1.09 bits per heavy atom. The van der Waals surface area contributed by atoms with Crippen LogP contribution in [0.15, 0.2) is 60.2 Å². The molecule has 0 aromatic heterocycles. The number of carbonyl (C=O) groups is 2. The topological polar surface area (TPSA) is 46.6 Å². The number of imide groups is 1. The summed E-state index contributed by atoms with van der Waals surface area (Å²) in [4.78, 5) is 25.9. The van der Waals surface area contributed by atoms with Gasteiger partial charge in [-0.25, -0.2) is 0 Å². The van der Waals surface area contributed by atoms with Crippen LogP contribution in [0, 0.1) is 0 Å². The Labute approximate surface area is 135 Å². The highest BCUT2D eigenvalue weighted by atomic mass is 16.5. The van der Waals surface area contributed by atoms with E-state index < -0.39 is 0 Å². The first-order valence-electron chi connectivity index (χ1n) is 7.40. The average Bonchev–Trinajstić information content (AvgIpc) is 2.83. The SMILES string of the molecule is COc1cccc(/C=C2\CC(=O)N(Cc3ccccc3)C2=O)c1. The lowest BCUT2D eigenvalue weighted by atomic mass is 10.1. The molecular weight excluding hydrogens is 290 g/mol. The van der Waals surface area contributed by atoms with Crippen molar-refractivity contribution in [1.82, 2.24) is 4.90 Å². The highest BCUT2D eigenvalue weighted by Crippen LogP contribution is 2.24. The van der Waals surface area contributed by atoms with Gasteiger partial charge in [0.25, 0.3) is 5.91 Å². The number of amides is 2. The third-order valence-electron chi connectivity index (χ3n) is 3.78. The zero-order chi connectivity index (χ0) is 16.2. The van der Waals surface area contributed by atoms with Gasteiger partial charge in [0, 0.05) is 5.57 Å². The largest absolute Gasteiger partial charge is 0.497 e. The van der Waals surface area contributed by atoms with Crippen molar-refractivity contribution in [1.29, 1.82) is 0 Å². The molecule has 2 aromatic carbocycles. The van der Waals surface area contributed by atoms with Gasteiger partial charge in [0.15, 0.2) is 0 Å². The minimum absolute atomic E-state index is 0.142. The van der Waals surface area contributed by atoms with Gasteiger partial charge in [-0.05, 0) is 29.3 Å². The Hall–Kier alpha value is -2.88. The summed E-state index contributed by atoms with van der Waals surface area (Å²) in [6.07, 6.45) is 1.90.